The molecule has 0 aromatic heterocycles. The topological polar surface area (TPSA) is 139 Å². The lowest BCUT2D eigenvalue weighted by Crippen LogP contribution is -2.41. The second-order valence-corrected chi connectivity index (χ2v) is 23.5. The lowest BCUT2D eigenvalue weighted by molar-refractivity contribution is 0.00578. The highest BCUT2D eigenvalue weighted by atomic mass is 35.5. The van der Waals surface area contributed by atoms with E-state index in [0.717, 1.165) is 33.3 Å². The first-order valence-electron chi connectivity index (χ1n) is 26.0. The van der Waals surface area contributed by atoms with Crippen LogP contribution in [0.15, 0.2) is 146 Å². The Morgan fingerprint density at radius 3 is 1.23 bits per heavy atom. The summed E-state index contributed by atoms with van der Waals surface area (Å²) in [4.78, 5) is 23.7. The number of aromatic hydroxyl groups is 2. The molecule has 0 spiro atoms. The van der Waals surface area contributed by atoms with E-state index in [0.29, 0.717) is 33.0 Å². The molecule has 0 bridgehead atoms. The molecule has 0 radical (unpaired) electrons. The van der Waals surface area contributed by atoms with Crippen molar-refractivity contribution >= 4 is 92.8 Å². The van der Waals surface area contributed by atoms with Crippen LogP contribution in [-0.2, 0) is 23.4 Å². The summed E-state index contributed by atoms with van der Waals surface area (Å²) >= 11 is 0. The summed E-state index contributed by atoms with van der Waals surface area (Å²) in [6.07, 6.45) is -0.533. The van der Waals surface area contributed by atoms with E-state index >= 15 is 0 Å². The van der Waals surface area contributed by atoms with Crippen LogP contribution in [0, 0.1) is 17.0 Å². The van der Waals surface area contributed by atoms with Crippen molar-refractivity contribution in [2.24, 2.45) is 5.41 Å². The largest absolute Gasteiger partial charge is 0.514 e. The lowest BCUT2D eigenvalue weighted by Gasteiger charge is -2.34. The van der Waals surface area contributed by atoms with Gasteiger partial charge in [0.25, 0.3) is 0 Å². The minimum atomic E-state index is -0.802. The molecule has 2 saturated heterocycles. The Morgan fingerprint density at radius 1 is 0.456 bits per heavy atom. The van der Waals surface area contributed by atoms with E-state index in [9.17, 15) is 28.6 Å². The van der Waals surface area contributed by atoms with Crippen LogP contribution in [0.2, 0.25) is 6.32 Å². The smallest absolute Gasteiger partial charge is 0.507 e. The van der Waals surface area contributed by atoms with E-state index in [4.69, 9.17) is 32.9 Å². The van der Waals surface area contributed by atoms with Crippen LogP contribution in [-0.4, -0.2) is 64.6 Å². The maximum absolute atomic E-state index is 13.6. The summed E-state index contributed by atoms with van der Waals surface area (Å²) in [6.45, 7) is 27.7. The average molecular weight is 1100 g/mol. The molecule has 16 heteroatoms. The Kier molecular flexibility index (Phi) is 18.5. The Morgan fingerprint density at radius 2 is 0.797 bits per heavy atom. The van der Waals surface area contributed by atoms with E-state index in [1.807, 2.05) is 82.3 Å². The van der Waals surface area contributed by atoms with Crippen molar-refractivity contribution in [3.63, 3.8) is 0 Å². The average Bonchev–Trinajstić information content (AvgIpc) is 3.72. The first kappa shape index (κ1) is 61.3. The Bertz CT molecular complexity index is 3410. The van der Waals surface area contributed by atoms with Crippen molar-refractivity contribution in [1.82, 2.24) is 0 Å². The monoisotopic (exact) mass is 1100 g/mol. The van der Waals surface area contributed by atoms with Gasteiger partial charge >= 0.3 is 26.3 Å². The van der Waals surface area contributed by atoms with E-state index < -0.39 is 41.8 Å². The Hall–Kier alpha value is -6.90. The molecule has 79 heavy (non-hydrogen) atoms. The van der Waals surface area contributed by atoms with Crippen LogP contribution in [0.4, 0.5) is 18.4 Å². The summed E-state index contributed by atoms with van der Waals surface area (Å²) in [7, 11) is -0.490. The molecule has 2 aliphatic heterocycles. The maximum atomic E-state index is 13.6. The summed E-state index contributed by atoms with van der Waals surface area (Å²) in [5.41, 5.74) is -0.0252. The van der Waals surface area contributed by atoms with Gasteiger partial charge in [-0.05, 0) is 153 Å². The molecule has 2 fully saturated rings. The SMILES string of the molecule is CC(C)(C)OC(=O)Oc1ccc(B2OC(C)(C)C(C)(C)O2)c2ccccc12.CC(C)(C)OC(=O)Oc1ccc([18F])c2ccccc12.CC1(C)CB(c2ccc(O)c3ccccc23)OC1(C)C.Cl.Oc1ccc([18F])c2ccccc12. The third kappa shape index (κ3) is 14.5. The normalized spacial score (nSPS) is 15.8. The van der Waals surface area contributed by atoms with Crippen LogP contribution >= 0.6 is 12.4 Å². The first-order valence-corrected chi connectivity index (χ1v) is 26.0. The number of hydrogen-bond acceptors (Lipinski definition) is 11. The molecule has 2 N–H and O–H groups in total. The van der Waals surface area contributed by atoms with E-state index in [1.54, 1.807) is 102 Å². The quantitative estimate of drug-likeness (QED) is 0.0989. The van der Waals surface area contributed by atoms with E-state index in [1.165, 1.54) is 29.7 Å². The van der Waals surface area contributed by atoms with Crippen molar-refractivity contribution in [2.45, 2.75) is 131 Å². The second-order valence-electron chi connectivity index (χ2n) is 23.5. The van der Waals surface area contributed by atoms with Gasteiger partial charge < -0.3 is 43.1 Å². The van der Waals surface area contributed by atoms with Crippen LogP contribution in [0.1, 0.15) is 96.9 Å². The molecular weight excluding hydrogens is 1030 g/mol. The van der Waals surface area contributed by atoms with Crippen molar-refractivity contribution in [1.29, 1.82) is 0 Å². The van der Waals surface area contributed by atoms with Gasteiger partial charge in [0.1, 0.15) is 45.8 Å². The van der Waals surface area contributed by atoms with E-state index in [-0.39, 0.29) is 53.5 Å². The molecule has 2 aliphatic rings. The Labute approximate surface area is 469 Å². The molecule has 0 aliphatic carbocycles. The number of carbonyl (C=O) groups excluding carboxylic acids is 2. The highest BCUT2D eigenvalue weighted by molar-refractivity contribution is 6.71. The molecule has 8 aromatic rings. The van der Waals surface area contributed by atoms with Crippen LogP contribution in [0.25, 0.3) is 43.1 Å². The van der Waals surface area contributed by atoms with E-state index in [2.05, 4.69) is 33.8 Å². The molecule has 0 atom stereocenters. The lowest BCUT2D eigenvalue weighted by atomic mass is 9.53. The summed E-state index contributed by atoms with van der Waals surface area (Å²) in [5.74, 6) is 0.523. The summed E-state index contributed by atoms with van der Waals surface area (Å²) in [5, 5.41) is 25.0. The number of carbonyl (C=O) groups is 2. The fourth-order valence-corrected chi connectivity index (χ4v) is 8.88. The first-order chi connectivity index (χ1) is 36.4. The number of fused-ring (bicyclic) bond motifs is 4. The standard InChI is InChI=1S/C21H27BO5.C17H21BO2.C15H15FO3.C10H7FO.ClH/c1-19(2,3)25-18(23)24-17-13-12-16(14-10-8-9-11-15(14)17)22-26-20(4,5)21(6,7)27-22;1-16(2)11-18(20-17(16,3)4)14-9-10-15(19)13-8-6-5-7-12(13)14;1-15(2,3)19-14(17)18-13-9-8-12(16)10-6-4-5-7-11(10)13;11-9-5-6-10(12)8-4-2-1-3-7(8)9;/h8-13H,1-7H3;5-10,19H,11H2,1-4H3;4-9H,1-3H3;1-6,12H;1H/i;;16-1;11-1;. The minimum Gasteiger partial charge on any atom is -0.507 e. The van der Waals surface area contributed by atoms with Gasteiger partial charge in [-0.3, -0.25) is 0 Å². The molecule has 0 saturated carbocycles. The molecule has 0 amide bonds. The van der Waals surface area contributed by atoms with Crippen LogP contribution < -0.4 is 20.4 Å². The van der Waals surface area contributed by atoms with Gasteiger partial charge in [-0.25, -0.2) is 18.4 Å². The molecule has 2 heterocycles. The third-order valence-corrected chi connectivity index (χ3v) is 14.3. The fraction of sp³-hybridized carbons (Fsp3) is 0.333. The van der Waals surface area contributed by atoms with Gasteiger partial charge in [0.2, 0.25) is 0 Å². The van der Waals surface area contributed by atoms with Gasteiger partial charge in [-0.2, -0.15) is 0 Å². The van der Waals surface area contributed by atoms with Gasteiger partial charge in [0.15, 0.2) is 0 Å². The van der Waals surface area contributed by atoms with Crippen molar-refractivity contribution in [3.8, 4) is 23.0 Å². The van der Waals surface area contributed by atoms with Gasteiger partial charge in [-0.15, -0.1) is 12.4 Å². The summed E-state index contributed by atoms with van der Waals surface area (Å²) < 4.78 is 66.3. The fourth-order valence-electron chi connectivity index (χ4n) is 8.88. The third-order valence-electron chi connectivity index (χ3n) is 14.3. The van der Waals surface area contributed by atoms with Gasteiger partial charge in [0, 0.05) is 32.3 Å². The maximum Gasteiger partial charge on any atom is 0.514 e. The predicted molar refractivity (Wildman–Crippen MR) is 315 cm³/mol. The van der Waals surface area contributed by atoms with Crippen molar-refractivity contribution < 1.29 is 61.5 Å². The zero-order valence-electron chi connectivity index (χ0n) is 47.5. The summed E-state index contributed by atoms with van der Waals surface area (Å²) in [6, 6.07) is 42.1. The molecule has 11 nitrogen and oxygen atoms in total. The van der Waals surface area contributed by atoms with Gasteiger partial charge in [-0.1, -0.05) is 123 Å². The second kappa shape index (κ2) is 23.8. The number of phenols is 2. The molecular formula is C63H71B2ClF2O11. The highest BCUT2D eigenvalue weighted by Crippen LogP contribution is 2.46. The number of rotatable bonds is 4. The van der Waals surface area contributed by atoms with Gasteiger partial charge in [0.05, 0.1) is 16.8 Å². The Balaban J connectivity index is 0.000000175. The zero-order valence-corrected chi connectivity index (χ0v) is 48.3. The molecule has 10 rings (SSSR count). The predicted octanol–water partition coefficient (Wildman–Crippen LogP) is 15.4. The van der Waals surface area contributed by atoms with Crippen LogP contribution in [0.3, 0.4) is 0 Å². The number of phenolic OH excluding ortho intramolecular Hbond substituents is 2. The van der Waals surface area contributed by atoms with Crippen molar-refractivity contribution in [2.75, 3.05) is 0 Å². The van der Waals surface area contributed by atoms with Crippen LogP contribution in [0.5, 0.6) is 23.0 Å². The molecule has 0 unspecified atom stereocenters. The number of benzene rings is 8. The van der Waals surface area contributed by atoms with Crippen molar-refractivity contribution in [3.05, 3.63) is 157 Å². The number of halogens is 3. The number of ether oxygens (including phenoxy) is 4. The molecule has 8 aromatic carbocycles. The minimum absolute atomic E-state index is 0. The number of hydrogen-bond donors (Lipinski definition) is 2. The molecule has 416 valence electrons. The highest BCUT2D eigenvalue weighted by Gasteiger charge is 2.52. The zero-order chi connectivity index (χ0) is 57.2.